The van der Waals surface area contributed by atoms with Gasteiger partial charge in [-0.15, -0.1) is 0 Å². The topological polar surface area (TPSA) is 128 Å². The van der Waals surface area contributed by atoms with Gasteiger partial charge in [0.05, 0.1) is 36.3 Å². The summed E-state index contributed by atoms with van der Waals surface area (Å²) in [6, 6.07) is 9.60. The molecule has 0 spiro atoms. The number of aliphatic hydroxyl groups excluding tert-OH is 1. The molecule has 0 unspecified atom stereocenters. The number of carbonyl (C=O) groups is 1. The highest BCUT2D eigenvalue weighted by Gasteiger charge is 2.29. The Morgan fingerprint density at radius 1 is 1.11 bits per heavy atom. The third-order valence-corrected chi connectivity index (χ3v) is 7.77. The van der Waals surface area contributed by atoms with Gasteiger partial charge >= 0.3 is 0 Å². The maximum atomic E-state index is 12.2. The molecule has 4 aromatic rings. The number of piperidine rings is 1. The highest BCUT2D eigenvalue weighted by Crippen LogP contribution is 2.37. The summed E-state index contributed by atoms with van der Waals surface area (Å²) in [5.41, 5.74) is 11.3. The molecule has 0 radical (unpaired) electrons. The maximum absolute atomic E-state index is 12.2. The number of nitrogens with two attached hydrogens (primary N) is 1. The minimum atomic E-state index is -0.996. The summed E-state index contributed by atoms with van der Waals surface area (Å²) in [4.78, 5) is 23.5. The molecule has 1 amide bonds. The first kappa shape index (κ1) is 25.9. The first-order valence-corrected chi connectivity index (χ1v) is 13.1. The number of hydrogen-bond donors (Lipinski definition) is 2. The van der Waals surface area contributed by atoms with Crippen molar-refractivity contribution in [3.63, 3.8) is 0 Å². The molecule has 0 bridgehead atoms. The van der Waals surface area contributed by atoms with Crippen molar-refractivity contribution in [1.82, 2.24) is 24.5 Å². The van der Waals surface area contributed by atoms with Crippen LogP contribution in [-0.4, -0.2) is 68.9 Å². The number of halogens is 1. The average molecular weight is 581 g/mol. The minimum absolute atomic E-state index is 0.114. The van der Waals surface area contributed by atoms with Gasteiger partial charge in [0.2, 0.25) is 0 Å². The molecular weight excluding hydrogens is 552 g/mol. The van der Waals surface area contributed by atoms with Crippen LogP contribution >= 0.6 is 15.9 Å². The zero-order chi connectivity index (χ0) is 27.0. The van der Waals surface area contributed by atoms with Gasteiger partial charge in [-0.3, -0.25) is 9.78 Å². The molecule has 10 nitrogen and oxygen atoms in total. The fourth-order valence-electron chi connectivity index (χ4n) is 4.84. The number of fused-ring (bicyclic) bond motifs is 1. The van der Waals surface area contributed by atoms with Gasteiger partial charge in [0.1, 0.15) is 11.9 Å². The van der Waals surface area contributed by atoms with Crippen LogP contribution in [0.5, 0.6) is 11.5 Å². The Kier molecular flexibility index (Phi) is 7.22. The number of nitrogen functional groups attached to an aromatic ring is 1. The van der Waals surface area contributed by atoms with E-state index in [1.807, 2.05) is 30.3 Å². The standard InChI is InChI=1S/C27H29BrN6O4/c1-15(35)27(36)33-10-8-16(9-11-33)24-23(28)25(29)34-26(32-24)19(14-31-34)18-4-6-20(30-13-18)17-5-7-21(37-2)22(12-17)38-3/h4-7,12-16,35H,8-11,29H2,1-3H3/t15-/m1/s1. The molecule has 1 aliphatic rings. The second-order valence-corrected chi connectivity index (χ2v) is 10.1. The molecule has 0 aliphatic carbocycles. The fourth-order valence-corrected chi connectivity index (χ4v) is 5.42. The Hall–Kier alpha value is -3.70. The molecule has 1 saturated heterocycles. The summed E-state index contributed by atoms with van der Waals surface area (Å²) in [7, 11) is 3.21. The predicted octanol–water partition coefficient (Wildman–Crippen LogP) is 3.91. The van der Waals surface area contributed by atoms with Gasteiger partial charge in [-0.25, -0.2) is 4.98 Å². The second-order valence-electron chi connectivity index (χ2n) is 9.27. The quantitative estimate of drug-likeness (QED) is 0.351. The van der Waals surface area contributed by atoms with E-state index in [0.717, 1.165) is 40.9 Å². The van der Waals surface area contributed by atoms with Crippen molar-refractivity contribution in [1.29, 1.82) is 0 Å². The van der Waals surface area contributed by atoms with E-state index in [1.165, 1.54) is 6.92 Å². The Bertz CT molecular complexity index is 1480. The van der Waals surface area contributed by atoms with E-state index in [9.17, 15) is 9.90 Å². The van der Waals surface area contributed by atoms with Gasteiger partial charge in [-0.2, -0.15) is 9.61 Å². The van der Waals surface area contributed by atoms with Gasteiger partial charge < -0.3 is 25.2 Å². The summed E-state index contributed by atoms with van der Waals surface area (Å²) in [5.74, 6) is 1.63. The number of anilines is 1. The van der Waals surface area contributed by atoms with Crippen LogP contribution in [0.1, 0.15) is 31.4 Å². The lowest BCUT2D eigenvalue weighted by molar-refractivity contribution is -0.140. The van der Waals surface area contributed by atoms with Crippen LogP contribution < -0.4 is 15.2 Å². The zero-order valence-corrected chi connectivity index (χ0v) is 23.0. The van der Waals surface area contributed by atoms with E-state index >= 15 is 0 Å². The Labute approximate surface area is 228 Å². The van der Waals surface area contributed by atoms with Crippen molar-refractivity contribution in [2.45, 2.75) is 31.8 Å². The lowest BCUT2D eigenvalue weighted by atomic mass is 9.93. The first-order chi connectivity index (χ1) is 18.3. The van der Waals surface area contributed by atoms with Gasteiger partial charge in [0.15, 0.2) is 17.1 Å². The SMILES string of the molecule is COc1ccc(-c2ccc(-c3cnn4c(N)c(Br)c(C5CCN(C(=O)[C@@H](C)O)CC5)nc34)cn2)cc1OC. The molecule has 0 saturated carbocycles. The number of carbonyl (C=O) groups excluding carboxylic acids is 1. The van der Waals surface area contributed by atoms with Crippen LogP contribution in [0.4, 0.5) is 5.82 Å². The van der Waals surface area contributed by atoms with E-state index in [4.69, 9.17) is 20.2 Å². The number of nitrogens with zero attached hydrogens (tertiary/aromatic N) is 5. The normalized spacial score (nSPS) is 15.0. The number of ether oxygens (including phenoxy) is 2. The van der Waals surface area contributed by atoms with Crippen LogP contribution in [0.25, 0.3) is 28.0 Å². The lowest BCUT2D eigenvalue weighted by Crippen LogP contribution is -2.42. The third kappa shape index (κ3) is 4.67. The Balaban J connectivity index is 1.45. The molecule has 1 fully saturated rings. The van der Waals surface area contributed by atoms with E-state index < -0.39 is 6.10 Å². The summed E-state index contributed by atoms with van der Waals surface area (Å²) >= 11 is 3.63. The third-order valence-electron chi connectivity index (χ3n) is 6.95. The van der Waals surface area contributed by atoms with Crippen molar-refractivity contribution in [3.8, 4) is 33.9 Å². The smallest absolute Gasteiger partial charge is 0.251 e. The zero-order valence-electron chi connectivity index (χ0n) is 21.4. The molecule has 4 heterocycles. The van der Waals surface area contributed by atoms with E-state index in [2.05, 4.69) is 26.0 Å². The number of aliphatic hydroxyl groups is 1. The lowest BCUT2D eigenvalue weighted by Gasteiger charge is -2.33. The van der Waals surface area contributed by atoms with Gasteiger partial charge in [-0.1, -0.05) is 6.07 Å². The van der Waals surface area contributed by atoms with Crippen LogP contribution in [0.2, 0.25) is 0 Å². The number of amides is 1. The van der Waals surface area contributed by atoms with E-state index in [-0.39, 0.29) is 11.8 Å². The number of likely N-dealkylation sites (tertiary alicyclic amines) is 1. The summed E-state index contributed by atoms with van der Waals surface area (Å²) in [6.45, 7) is 2.61. The molecule has 3 N–H and O–H groups in total. The van der Waals surface area contributed by atoms with Crippen LogP contribution in [0, 0.1) is 0 Å². The van der Waals surface area contributed by atoms with Crippen molar-refractivity contribution in [2.24, 2.45) is 0 Å². The van der Waals surface area contributed by atoms with Crippen LogP contribution in [-0.2, 0) is 4.79 Å². The predicted molar refractivity (Wildman–Crippen MR) is 147 cm³/mol. The van der Waals surface area contributed by atoms with E-state index in [1.54, 1.807) is 36.0 Å². The van der Waals surface area contributed by atoms with Crippen molar-refractivity contribution in [3.05, 3.63) is 52.9 Å². The molecule has 1 atom stereocenters. The van der Waals surface area contributed by atoms with Gasteiger partial charge in [0, 0.05) is 41.9 Å². The van der Waals surface area contributed by atoms with Crippen molar-refractivity contribution < 1.29 is 19.4 Å². The number of hydrogen-bond acceptors (Lipinski definition) is 8. The number of aromatic nitrogens is 4. The van der Waals surface area contributed by atoms with Gasteiger partial charge in [-0.05, 0) is 60.0 Å². The molecule has 5 rings (SSSR count). The number of pyridine rings is 1. The Morgan fingerprint density at radius 2 is 1.82 bits per heavy atom. The van der Waals surface area contributed by atoms with Crippen LogP contribution in [0.15, 0.2) is 47.2 Å². The summed E-state index contributed by atoms with van der Waals surface area (Å²) < 4.78 is 13.1. The Morgan fingerprint density at radius 3 is 2.45 bits per heavy atom. The fraction of sp³-hybridized carbons (Fsp3) is 0.333. The molecular formula is C27H29BrN6O4. The van der Waals surface area contributed by atoms with Crippen molar-refractivity contribution >= 4 is 33.3 Å². The average Bonchev–Trinajstić information content (AvgIpc) is 3.38. The monoisotopic (exact) mass is 580 g/mol. The molecule has 11 heteroatoms. The molecule has 1 aliphatic heterocycles. The van der Waals surface area contributed by atoms with Crippen LogP contribution in [0.3, 0.4) is 0 Å². The second kappa shape index (κ2) is 10.6. The summed E-state index contributed by atoms with van der Waals surface area (Å²) in [5, 5.41) is 14.1. The highest BCUT2D eigenvalue weighted by molar-refractivity contribution is 9.10. The van der Waals surface area contributed by atoms with Crippen molar-refractivity contribution in [2.75, 3.05) is 33.0 Å². The molecule has 1 aromatic carbocycles. The number of methoxy groups -OCH3 is 2. The summed E-state index contributed by atoms with van der Waals surface area (Å²) in [6.07, 6.45) is 3.99. The minimum Gasteiger partial charge on any atom is -0.493 e. The maximum Gasteiger partial charge on any atom is 0.251 e. The molecule has 198 valence electrons. The molecule has 3 aromatic heterocycles. The largest absolute Gasteiger partial charge is 0.493 e. The van der Waals surface area contributed by atoms with E-state index in [0.29, 0.717) is 40.5 Å². The number of rotatable bonds is 6. The number of benzene rings is 1. The highest BCUT2D eigenvalue weighted by atomic mass is 79.9. The first-order valence-electron chi connectivity index (χ1n) is 12.3. The van der Waals surface area contributed by atoms with Gasteiger partial charge in [0.25, 0.3) is 5.91 Å². The molecule has 38 heavy (non-hydrogen) atoms.